The first-order valence-electron chi connectivity index (χ1n) is 9.57. The van der Waals surface area contributed by atoms with Crippen LogP contribution in [0.15, 0.2) is 65.8 Å². The molecule has 4 N–H and O–H groups in total. The molecule has 3 aromatic rings. The summed E-state index contributed by atoms with van der Waals surface area (Å²) in [6.45, 7) is 0.350. The van der Waals surface area contributed by atoms with Crippen molar-refractivity contribution >= 4 is 30.6 Å². The van der Waals surface area contributed by atoms with Crippen molar-refractivity contribution in [2.75, 3.05) is 17.1 Å². The molecular weight excluding hydrogens is 454 g/mol. The number of sulfonamides is 1. The lowest BCUT2D eigenvalue weighted by Crippen LogP contribution is -2.27. The smallest absolute Gasteiger partial charge is 0.240 e. The van der Waals surface area contributed by atoms with Gasteiger partial charge < -0.3 is 11.3 Å². The Kier molecular flexibility index (Phi) is 5.84. The summed E-state index contributed by atoms with van der Waals surface area (Å²) >= 11 is 0. The van der Waals surface area contributed by atoms with Crippen molar-refractivity contribution in [3.63, 3.8) is 0 Å². The Balaban J connectivity index is 1.51. The molecule has 0 saturated carbocycles. The molecule has 168 valence electrons. The van der Waals surface area contributed by atoms with Crippen LogP contribution in [0, 0.1) is 0 Å². The van der Waals surface area contributed by atoms with Crippen LogP contribution >= 0.6 is 0 Å². The van der Waals surface area contributed by atoms with Crippen LogP contribution in [-0.2, 0) is 31.4 Å². The predicted molar refractivity (Wildman–Crippen MR) is 120 cm³/mol. The minimum absolute atomic E-state index is 0.0217. The van der Waals surface area contributed by atoms with E-state index in [2.05, 4.69) is 25.4 Å². The summed E-state index contributed by atoms with van der Waals surface area (Å²) < 4.78 is 54.2. The second kappa shape index (κ2) is 8.59. The van der Waals surface area contributed by atoms with Crippen molar-refractivity contribution in [3.8, 4) is 0 Å². The molecule has 1 aliphatic rings. The lowest BCUT2D eigenvalue weighted by Gasteiger charge is -2.12. The molecule has 1 atom stereocenters. The molecule has 32 heavy (non-hydrogen) atoms. The van der Waals surface area contributed by atoms with Crippen LogP contribution in [0.25, 0.3) is 0 Å². The van der Waals surface area contributed by atoms with E-state index in [1.54, 1.807) is 30.3 Å². The van der Waals surface area contributed by atoms with E-state index in [1.165, 1.54) is 0 Å². The number of anilines is 1. The Labute approximate surface area is 185 Å². The van der Waals surface area contributed by atoms with Gasteiger partial charge >= 0.3 is 0 Å². The Morgan fingerprint density at radius 3 is 2.19 bits per heavy atom. The van der Waals surface area contributed by atoms with Crippen LogP contribution in [-0.4, -0.2) is 43.3 Å². The summed E-state index contributed by atoms with van der Waals surface area (Å²) in [7, 11) is -7.73. The largest absolute Gasteiger partial charge is 0.336 e. The molecule has 1 aliphatic heterocycles. The molecule has 0 radical (unpaired) electrons. The molecule has 0 saturated heterocycles. The fraction of sp³-hybridized carbons (Fsp3) is 0.211. The van der Waals surface area contributed by atoms with Gasteiger partial charge in [-0.1, -0.05) is 48.5 Å². The number of hydrogen-bond acceptors (Lipinski definition) is 9. The number of nitrogens with zero attached hydrogens (tertiary/aromatic N) is 4. The Hall–Kier alpha value is -3.45. The van der Waals surface area contributed by atoms with Gasteiger partial charge in [0.2, 0.25) is 19.9 Å². The van der Waals surface area contributed by atoms with E-state index in [0.29, 0.717) is 12.2 Å². The lowest BCUT2D eigenvalue weighted by molar-refractivity contribution is 0.598. The first-order chi connectivity index (χ1) is 15.3. The maximum Gasteiger partial charge on any atom is 0.240 e. The van der Waals surface area contributed by atoms with Gasteiger partial charge in [-0.05, 0) is 17.7 Å². The molecule has 1 unspecified atom stereocenters. The third kappa shape index (κ3) is 4.73. The van der Waals surface area contributed by atoms with E-state index in [-0.39, 0.29) is 16.7 Å². The Bertz CT molecular complexity index is 1340. The molecule has 13 heteroatoms. The number of para-hydroxylation sites is 1. The minimum atomic E-state index is -3.89. The highest BCUT2D eigenvalue weighted by Crippen LogP contribution is 2.25. The molecule has 2 heterocycles. The van der Waals surface area contributed by atoms with Crippen LogP contribution in [0.5, 0.6) is 0 Å². The molecule has 1 aromatic heterocycles. The van der Waals surface area contributed by atoms with Crippen molar-refractivity contribution < 1.29 is 16.8 Å². The zero-order valence-corrected chi connectivity index (χ0v) is 18.4. The number of nitrogens with two attached hydrogens (primary N) is 1. The highest BCUT2D eigenvalue weighted by atomic mass is 32.2. The summed E-state index contributed by atoms with van der Waals surface area (Å²) in [4.78, 5) is 0. The first kappa shape index (κ1) is 21.8. The van der Waals surface area contributed by atoms with E-state index >= 15 is 0 Å². The number of nitrogens with one attached hydrogen (secondary N) is 2. The van der Waals surface area contributed by atoms with Gasteiger partial charge in [0, 0.05) is 12.2 Å². The zero-order chi connectivity index (χ0) is 22.8. The molecule has 0 amide bonds. The molecule has 2 aromatic carbocycles. The van der Waals surface area contributed by atoms with Gasteiger partial charge in [-0.2, -0.15) is 5.10 Å². The van der Waals surface area contributed by atoms with Crippen molar-refractivity contribution in [1.29, 1.82) is 0 Å². The topological polar surface area (TPSA) is 161 Å². The van der Waals surface area contributed by atoms with E-state index in [9.17, 15) is 16.8 Å². The fourth-order valence-corrected chi connectivity index (χ4v) is 5.95. The van der Waals surface area contributed by atoms with Crippen LogP contribution in [0.2, 0.25) is 0 Å². The number of sulfone groups is 1. The molecule has 4 rings (SSSR count). The van der Waals surface area contributed by atoms with Crippen LogP contribution < -0.4 is 16.0 Å². The highest BCUT2D eigenvalue weighted by Gasteiger charge is 2.35. The van der Waals surface area contributed by atoms with Crippen molar-refractivity contribution in [2.45, 2.75) is 17.4 Å². The SMILES string of the molecule is Nn1c(CS(=O)(=O)Nc2ccccc2)nnc1CS(=O)(=O)C1=NNCC1c1ccccc1. The average Bonchev–Trinajstić information content (AvgIpc) is 3.38. The van der Waals surface area contributed by atoms with E-state index in [0.717, 1.165) is 10.2 Å². The third-order valence-electron chi connectivity index (χ3n) is 4.83. The molecule has 0 fully saturated rings. The number of benzene rings is 2. The van der Waals surface area contributed by atoms with E-state index < -0.39 is 37.3 Å². The van der Waals surface area contributed by atoms with Gasteiger partial charge in [-0.15, -0.1) is 10.2 Å². The van der Waals surface area contributed by atoms with Gasteiger partial charge in [-0.3, -0.25) is 4.72 Å². The maximum absolute atomic E-state index is 13.0. The quantitative estimate of drug-likeness (QED) is 0.417. The van der Waals surface area contributed by atoms with Gasteiger partial charge in [0.25, 0.3) is 0 Å². The van der Waals surface area contributed by atoms with Gasteiger partial charge in [-0.25, -0.2) is 21.5 Å². The molecule has 0 spiro atoms. The van der Waals surface area contributed by atoms with Gasteiger partial charge in [0.1, 0.15) is 11.5 Å². The van der Waals surface area contributed by atoms with E-state index in [1.807, 2.05) is 30.3 Å². The standard InChI is InChI=1S/C19H21N7O4S2/c20-26-17(22-23-18(26)13-32(29,30)25-15-9-5-2-6-10-15)12-31(27,28)19-16(11-21-24-19)14-7-3-1-4-8-14/h1-10,16,21,25H,11-13,20H2. The van der Waals surface area contributed by atoms with E-state index in [4.69, 9.17) is 5.84 Å². The zero-order valence-electron chi connectivity index (χ0n) is 16.8. The summed E-state index contributed by atoms with van der Waals surface area (Å²) in [5.74, 6) is 4.18. The Morgan fingerprint density at radius 2 is 1.53 bits per heavy atom. The minimum Gasteiger partial charge on any atom is -0.336 e. The van der Waals surface area contributed by atoms with Crippen molar-refractivity contribution in [1.82, 2.24) is 20.3 Å². The second-order valence-electron chi connectivity index (χ2n) is 7.16. The number of nitrogen functional groups attached to an aromatic ring is 1. The molecule has 0 aliphatic carbocycles. The predicted octanol–water partition coefficient (Wildman–Crippen LogP) is 0.549. The number of hydrogen-bond donors (Lipinski definition) is 3. The average molecular weight is 476 g/mol. The summed E-state index contributed by atoms with van der Waals surface area (Å²) in [5.41, 5.74) is 3.93. The van der Waals surface area contributed by atoms with Crippen molar-refractivity contribution in [2.24, 2.45) is 5.10 Å². The number of rotatable bonds is 7. The molecular formula is C19H21N7O4S2. The van der Waals surface area contributed by atoms with Crippen LogP contribution in [0.3, 0.4) is 0 Å². The first-order valence-corrected chi connectivity index (χ1v) is 12.9. The molecule has 0 bridgehead atoms. The number of aromatic nitrogens is 3. The monoisotopic (exact) mass is 475 g/mol. The summed E-state index contributed by atoms with van der Waals surface area (Å²) in [5, 5.41) is 11.5. The van der Waals surface area contributed by atoms with Crippen molar-refractivity contribution in [3.05, 3.63) is 77.9 Å². The lowest BCUT2D eigenvalue weighted by atomic mass is 10.0. The Morgan fingerprint density at radius 1 is 0.938 bits per heavy atom. The fourth-order valence-electron chi connectivity index (χ4n) is 3.31. The molecule has 11 nitrogen and oxygen atoms in total. The summed E-state index contributed by atoms with van der Waals surface area (Å²) in [6, 6.07) is 17.5. The van der Waals surface area contributed by atoms with Crippen LogP contribution in [0.4, 0.5) is 5.69 Å². The summed E-state index contributed by atoms with van der Waals surface area (Å²) in [6.07, 6.45) is 0. The second-order valence-corrected chi connectivity index (χ2v) is 10.8. The van der Waals surface area contributed by atoms with Gasteiger partial charge in [0.15, 0.2) is 16.7 Å². The van der Waals surface area contributed by atoms with Gasteiger partial charge in [0.05, 0.1) is 5.92 Å². The highest BCUT2D eigenvalue weighted by molar-refractivity contribution is 8.05. The number of hydrazone groups is 1. The maximum atomic E-state index is 13.0. The third-order valence-corrected chi connectivity index (χ3v) is 7.66. The van der Waals surface area contributed by atoms with Crippen LogP contribution in [0.1, 0.15) is 23.1 Å². The normalized spacial score (nSPS) is 16.4.